The van der Waals surface area contributed by atoms with Gasteiger partial charge in [0.15, 0.2) is 0 Å². The van der Waals surface area contributed by atoms with Gasteiger partial charge < -0.3 is 14.8 Å². The molecule has 0 saturated heterocycles. The van der Waals surface area contributed by atoms with E-state index in [0.29, 0.717) is 25.5 Å². The molecule has 0 atom stereocenters. The second-order valence-corrected chi connectivity index (χ2v) is 7.07. The van der Waals surface area contributed by atoms with Crippen LogP contribution in [0.5, 0.6) is 11.6 Å². The van der Waals surface area contributed by atoms with Crippen LogP contribution in [0.4, 0.5) is 0 Å². The van der Waals surface area contributed by atoms with Crippen LogP contribution in [-0.2, 0) is 11.3 Å². The van der Waals surface area contributed by atoms with Crippen molar-refractivity contribution >= 4 is 5.91 Å². The fourth-order valence-corrected chi connectivity index (χ4v) is 3.25. The lowest BCUT2D eigenvalue weighted by molar-refractivity contribution is -0.121. The molecule has 1 heterocycles. The van der Waals surface area contributed by atoms with Gasteiger partial charge in [-0.3, -0.25) is 4.79 Å². The predicted octanol–water partition coefficient (Wildman–Crippen LogP) is 4.11. The highest BCUT2D eigenvalue weighted by atomic mass is 16.5. The summed E-state index contributed by atoms with van der Waals surface area (Å²) in [6.07, 6.45) is 6.88. The van der Waals surface area contributed by atoms with E-state index < -0.39 is 0 Å². The number of pyridine rings is 1. The van der Waals surface area contributed by atoms with Gasteiger partial charge in [-0.2, -0.15) is 0 Å². The molecule has 1 saturated carbocycles. The van der Waals surface area contributed by atoms with Crippen LogP contribution in [0.1, 0.15) is 48.8 Å². The van der Waals surface area contributed by atoms with E-state index in [9.17, 15) is 4.79 Å². The zero-order valence-corrected chi connectivity index (χ0v) is 16.2. The van der Waals surface area contributed by atoms with Crippen molar-refractivity contribution in [2.75, 3.05) is 6.61 Å². The number of aryl methyl sites for hydroxylation is 1. The minimum atomic E-state index is -0.0454. The molecule has 27 heavy (non-hydrogen) atoms. The average Bonchev–Trinajstić information content (AvgIpc) is 3.17. The number of benzene rings is 1. The normalized spacial score (nSPS) is 14.1. The maximum atomic E-state index is 12.2. The van der Waals surface area contributed by atoms with E-state index >= 15 is 0 Å². The molecule has 3 rings (SSSR count). The van der Waals surface area contributed by atoms with Gasteiger partial charge >= 0.3 is 0 Å². The molecule has 0 unspecified atom stereocenters. The van der Waals surface area contributed by atoms with E-state index in [2.05, 4.69) is 10.3 Å². The predicted molar refractivity (Wildman–Crippen MR) is 105 cm³/mol. The number of rotatable bonds is 8. The monoisotopic (exact) mass is 368 g/mol. The summed E-state index contributed by atoms with van der Waals surface area (Å²) in [5.41, 5.74) is 3.21. The lowest BCUT2D eigenvalue weighted by Gasteiger charge is -2.15. The van der Waals surface area contributed by atoms with Crippen LogP contribution in [0.2, 0.25) is 0 Å². The van der Waals surface area contributed by atoms with Crippen LogP contribution >= 0.6 is 0 Å². The van der Waals surface area contributed by atoms with E-state index in [4.69, 9.17) is 9.47 Å². The molecule has 1 aliphatic rings. The van der Waals surface area contributed by atoms with Gasteiger partial charge in [0.1, 0.15) is 11.9 Å². The number of ether oxygens (including phenoxy) is 2. The van der Waals surface area contributed by atoms with Crippen molar-refractivity contribution < 1.29 is 14.3 Å². The first-order chi connectivity index (χ1) is 13.1. The molecule has 144 valence electrons. The Morgan fingerprint density at radius 1 is 1.19 bits per heavy atom. The number of nitrogens with zero attached hydrogens (tertiary/aromatic N) is 1. The Hall–Kier alpha value is -2.56. The Balaban J connectivity index is 1.46. The minimum absolute atomic E-state index is 0.0454. The lowest BCUT2D eigenvalue weighted by atomic mass is 10.1. The third-order valence-corrected chi connectivity index (χ3v) is 5.05. The highest BCUT2D eigenvalue weighted by Gasteiger charge is 2.18. The first-order valence-electron chi connectivity index (χ1n) is 9.70. The summed E-state index contributed by atoms with van der Waals surface area (Å²) < 4.78 is 11.8. The lowest BCUT2D eigenvalue weighted by Crippen LogP contribution is -2.25. The van der Waals surface area contributed by atoms with E-state index in [1.807, 2.05) is 44.2 Å². The molecular formula is C22H28N2O3. The molecule has 1 N–H and O–H groups in total. The van der Waals surface area contributed by atoms with Crippen LogP contribution < -0.4 is 14.8 Å². The highest BCUT2D eigenvalue weighted by molar-refractivity contribution is 5.76. The zero-order chi connectivity index (χ0) is 19.1. The van der Waals surface area contributed by atoms with Crippen LogP contribution in [-0.4, -0.2) is 23.6 Å². The van der Waals surface area contributed by atoms with Gasteiger partial charge in [-0.1, -0.05) is 18.2 Å². The van der Waals surface area contributed by atoms with Crippen molar-refractivity contribution in [1.82, 2.24) is 10.3 Å². The van der Waals surface area contributed by atoms with Crippen LogP contribution in [0, 0.1) is 13.8 Å². The number of carbonyl (C=O) groups excluding carboxylic acids is 1. The largest absolute Gasteiger partial charge is 0.493 e. The maximum absolute atomic E-state index is 12.2. The summed E-state index contributed by atoms with van der Waals surface area (Å²) >= 11 is 0. The van der Waals surface area contributed by atoms with Gasteiger partial charge in [-0.25, -0.2) is 4.98 Å². The Kier molecular flexibility index (Phi) is 6.69. The summed E-state index contributed by atoms with van der Waals surface area (Å²) in [5, 5.41) is 2.94. The van der Waals surface area contributed by atoms with Crippen LogP contribution in [0.3, 0.4) is 0 Å². The molecule has 0 aliphatic heterocycles. The number of amides is 1. The summed E-state index contributed by atoms with van der Waals surface area (Å²) in [6.45, 7) is 4.85. The number of hydrogen-bond donors (Lipinski definition) is 1. The quantitative estimate of drug-likeness (QED) is 0.762. The SMILES string of the molecule is Cc1cccc(OCCC(=O)NCc2cccnc2OC2CCCC2)c1C. The van der Waals surface area contributed by atoms with Crippen molar-refractivity contribution in [3.8, 4) is 11.6 Å². The molecule has 5 nitrogen and oxygen atoms in total. The molecule has 1 amide bonds. The van der Waals surface area contributed by atoms with Crippen molar-refractivity contribution in [2.24, 2.45) is 0 Å². The second-order valence-electron chi connectivity index (χ2n) is 7.07. The van der Waals surface area contributed by atoms with Gasteiger partial charge in [-0.05, 0) is 62.8 Å². The van der Waals surface area contributed by atoms with E-state index in [-0.39, 0.29) is 12.0 Å². The maximum Gasteiger partial charge on any atom is 0.223 e. The van der Waals surface area contributed by atoms with Gasteiger partial charge in [0.2, 0.25) is 11.8 Å². The third-order valence-electron chi connectivity index (χ3n) is 5.05. The minimum Gasteiger partial charge on any atom is -0.493 e. The Labute approximate surface area is 161 Å². The third kappa shape index (κ3) is 5.46. The van der Waals surface area contributed by atoms with E-state index in [1.165, 1.54) is 18.4 Å². The Morgan fingerprint density at radius 2 is 2.00 bits per heavy atom. The van der Waals surface area contributed by atoms with E-state index in [0.717, 1.165) is 29.7 Å². The molecule has 2 aromatic rings. The molecule has 0 radical (unpaired) electrons. The first kappa shape index (κ1) is 19.2. The fraction of sp³-hybridized carbons (Fsp3) is 0.455. The molecule has 1 aromatic heterocycles. The second kappa shape index (κ2) is 9.40. The molecule has 0 spiro atoms. The number of hydrogen-bond acceptors (Lipinski definition) is 4. The number of nitrogens with one attached hydrogen (secondary N) is 1. The molecule has 5 heteroatoms. The van der Waals surface area contributed by atoms with Crippen molar-refractivity contribution in [3.05, 3.63) is 53.2 Å². The topological polar surface area (TPSA) is 60.5 Å². The van der Waals surface area contributed by atoms with Crippen LogP contribution in [0.15, 0.2) is 36.5 Å². The molecule has 1 fully saturated rings. The Bertz CT molecular complexity index is 770. The summed E-state index contributed by atoms with van der Waals surface area (Å²) in [6, 6.07) is 9.76. The molecule has 1 aliphatic carbocycles. The zero-order valence-electron chi connectivity index (χ0n) is 16.2. The van der Waals surface area contributed by atoms with Gasteiger partial charge in [0.25, 0.3) is 0 Å². The van der Waals surface area contributed by atoms with Crippen molar-refractivity contribution in [1.29, 1.82) is 0 Å². The van der Waals surface area contributed by atoms with Crippen molar-refractivity contribution in [2.45, 2.75) is 58.6 Å². The van der Waals surface area contributed by atoms with E-state index in [1.54, 1.807) is 6.20 Å². The molecular weight excluding hydrogens is 340 g/mol. The summed E-state index contributed by atoms with van der Waals surface area (Å²) in [7, 11) is 0. The molecule has 0 bridgehead atoms. The Morgan fingerprint density at radius 3 is 2.81 bits per heavy atom. The van der Waals surface area contributed by atoms with Gasteiger partial charge in [0.05, 0.1) is 13.0 Å². The standard InChI is InChI=1S/C22H28N2O3/c1-16-7-5-11-20(17(16)2)26-14-12-21(25)24-15-18-8-6-13-23-22(18)27-19-9-3-4-10-19/h5-8,11,13,19H,3-4,9-10,12,14-15H2,1-2H3,(H,24,25). The first-order valence-corrected chi connectivity index (χ1v) is 9.70. The molecule has 1 aromatic carbocycles. The summed E-state index contributed by atoms with van der Waals surface area (Å²) in [4.78, 5) is 16.5. The smallest absolute Gasteiger partial charge is 0.223 e. The van der Waals surface area contributed by atoms with Gasteiger partial charge in [-0.15, -0.1) is 0 Å². The van der Waals surface area contributed by atoms with Crippen LogP contribution in [0.25, 0.3) is 0 Å². The van der Waals surface area contributed by atoms with Crippen molar-refractivity contribution in [3.63, 3.8) is 0 Å². The average molecular weight is 368 g/mol. The number of carbonyl (C=O) groups is 1. The summed E-state index contributed by atoms with van der Waals surface area (Å²) in [5.74, 6) is 1.43. The van der Waals surface area contributed by atoms with Gasteiger partial charge in [0, 0.05) is 18.3 Å². The number of aromatic nitrogens is 1. The fourth-order valence-electron chi connectivity index (χ4n) is 3.25. The highest BCUT2D eigenvalue weighted by Crippen LogP contribution is 2.25.